The SMILES string of the molecule is COc1cc(C(=O)N(C)CC2CC(Cl)C2)ccc1F. The molecule has 1 aromatic rings. The van der Waals surface area contributed by atoms with E-state index >= 15 is 0 Å². The Morgan fingerprint density at radius 3 is 2.79 bits per heavy atom. The van der Waals surface area contributed by atoms with Crippen LogP contribution >= 0.6 is 11.6 Å². The molecule has 1 aliphatic rings. The summed E-state index contributed by atoms with van der Waals surface area (Å²) >= 11 is 5.92. The summed E-state index contributed by atoms with van der Waals surface area (Å²) in [6, 6.07) is 4.15. The van der Waals surface area contributed by atoms with Crippen LogP contribution in [0.15, 0.2) is 18.2 Å². The molecule has 0 spiro atoms. The van der Waals surface area contributed by atoms with E-state index in [1.165, 1.54) is 25.3 Å². The number of alkyl halides is 1. The van der Waals surface area contributed by atoms with Gasteiger partial charge in [-0.2, -0.15) is 0 Å². The van der Waals surface area contributed by atoms with Gasteiger partial charge in [-0.3, -0.25) is 4.79 Å². The third-order valence-electron chi connectivity index (χ3n) is 3.46. The Labute approximate surface area is 117 Å². The standard InChI is InChI=1S/C14H17ClFNO2/c1-17(8-9-5-11(15)6-9)14(18)10-3-4-12(16)13(7-10)19-2/h3-4,7,9,11H,5-6,8H2,1-2H3. The molecule has 0 unspecified atom stereocenters. The number of hydrogen-bond acceptors (Lipinski definition) is 2. The topological polar surface area (TPSA) is 29.5 Å². The molecule has 0 saturated heterocycles. The minimum Gasteiger partial charge on any atom is -0.494 e. The zero-order chi connectivity index (χ0) is 14.0. The molecule has 0 bridgehead atoms. The second-order valence-electron chi connectivity index (χ2n) is 4.97. The van der Waals surface area contributed by atoms with Crippen LogP contribution in [-0.4, -0.2) is 36.9 Å². The lowest BCUT2D eigenvalue weighted by atomic mass is 9.84. The lowest BCUT2D eigenvalue weighted by molar-refractivity contribution is 0.0746. The van der Waals surface area contributed by atoms with Crippen molar-refractivity contribution < 1.29 is 13.9 Å². The van der Waals surface area contributed by atoms with Gasteiger partial charge in [0.1, 0.15) is 0 Å². The first-order valence-electron chi connectivity index (χ1n) is 6.24. The van der Waals surface area contributed by atoms with Gasteiger partial charge in [0.2, 0.25) is 0 Å². The van der Waals surface area contributed by atoms with Gasteiger partial charge in [-0.25, -0.2) is 4.39 Å². The summed E-state index contributed by atoms with van der Waals surface area (Å²) in [6.45, 7) is 0.682. The summed E-state index contributed by atoms with van der Waals surface area (Å²) in [5.41, 5.74) is 0.433. The fraction of sp³-hybridized carbons (Fsp3) is 0.500. The molecule has 104 valence electrons. The van der Waals surface area contributed by atoms with Gasteiger partial charge in [-0.1, -0.05) is 0 Å². The Morgan fingerprint density at radius 2 is 2.21 bits per heavy atom. The summed E-state index contributed by atoms with van der Waals surface area (Å²) in [6.07, 6.45) is 1.90. The van der Waals surface area contributed by atoms with E-state index in [0.29, 0.717) is 18.0 Å². The number of amides is 1. The minimum atomic E-state index is -0.467. The maximum atomic E-state index is 13.3. The van der Waals surface area contributed by atoms with Crippen LogP contribution in [0.5, 0.6) is 5.75 Å². The average Bonchev–Trinajstić information content (AvgIpc) is 2.36. The fourth-order valence-corrected chi connectivity index (χ4v) is 2.79. The van der Waals surface area contributed by atoms with Gasteiger partial charge in [-0.15, -0.1) is 11.6 Å². The maximum Gasteiger partial charge on any atom is 0.253 e. The third-order valence-corrected chi connectivity index (χ3v) is 3.81. The van der Waals surface area contributed by atoms with Crippen LogP contribution in [0.4, 0.5) is 4.39 Å². The molecule has 2 rings (SSSR count). The van der Waals surface area contributed by atoms with Crippen molar-refractivity contribution in [3.8, 4) is 5.75 Å². The van der Waals surface area contributed by atoms with E-state index in [1.54, 1.807) is 11.9 Å². The highest BCUT2D eigenvalue weighted by molar-refractivity contribution is 6.21. The van der Waals surface area contributed by atoms with Crippen molar-refractivity contribution >= 4 is 17.5 Å². The number of nitrogens with zero attached hydrogens (tertiary/aromatic N) is 1. The number of halogens is 2. The Hall–Kier alpha value is -1.29. The summed E-state index contributed by atoms with van der Waals surface area (Å²) in [7, 11) is 3.13. The quantitative estimate of drug-likeness (QED) is 0.796. The highest BCUT2D eigenvalue weighted by Gasteiger charge is 2.29. The molecular weight excluding hydrogens is 269 g/mol. The normalized spacial score (nSPS) is 21.7. The van der Waals surface area contributed by atoms with Crippen molar-refractivity contribution in [1.82, 2.24) is 4.90 Å². The van der Waals surface area contributed by atoms with Crippen molar-refractivity contribution in [3.63, 3.8) is 0 Å². The van der Waals surface area contributed by atoms with E-state index in [9.17, 15) is 9.18 Å². The average molecular weight is 286 g/mol. The molecule has 19 heavy (non-hydrogen) atoms. The predicted octanol–water partition coefficient (Wildman–Crippen LogP) is 2.92. The van der Waals surface area contributed by atoms with Crippen LogP contribution in [0.1, 0.15) is 23.2 Å². The van der Waals surface area contributed by atoms with E-state index in [0.717, 1.165) is 12.8 Å². The van der Waals surface area contributed by atoms with E-state index in [-0.39, 0.29) is 17.0 Å². The Balaban J connectivity index is 2.02. The first-order valence-corrected chi connectivity index (χ1v) is 6.68. The molecule has 0 radical (unpaired) electrons. The number of hydrogen-bond donors (Lipinski definition) is 0. The highest BCUT2D eigenvalue weighted by Crippen LogP contribution is 2.32. The summed E-state index contributed by atoms with van der Waals surface area (Å²) < 4.78 is 18.2. The molecule has 1 aliphatic carbocycles. The van der Waals surface area contributed by atoms with Crippen molar-refractivity contribution in [2.75, 3.05) is 20.7 Å². The van der Waals surface area contributed by atoms with Crippen LogP contribution in [0, 0.1) is 11.7 Å². The van der Waals surface area contributed by atoms with Gasteiger partial charge in [0.25, 0.3) is 5.91 Å². The largest absolute Gasteiger partial charge is 0.494 e. The Bertz CT molecular complexity index is 475. The van der Waals surface area contributed by atoms with Crippen molar-refractivity contribution in [3.05, 3.63) is 29.6 Å². The monoisotopic (exact) mass is 285 g/mol. The zero-order valence-corrected chi connectivity index (χ0v) is 11.8. The van der Waals surface area contributed by atoms with Crippen LogP contribution in [-0.2, 0) is 0 Å². The molecule has 0 atom stereocenters. The highest BCUT2D eigenvalue weighted by atomic mass is 35.5. The van der Waals surface area contributed by atoms with Crippen LogP contribution < -0.4 is 4.74 Å². The summed E-state index contributed by atoms with van der Waals surface area (Å²) in [5.74, 6) is -0.0375. The predicted molar refractivity (Wildman–Crippen MR) is 72.3 cm³/mol. The summed E-state index contributed by atoms with van der Waals surface area (Å²) in [5, 5.41) is 0.249. The van der Waals surface area contributed by atoms with Crippen LogP contribution in [0.2, 0.25) is 0 Å². The minimum absolute atomic E-state index is 0.0868. The smallest absolute Gasteiger partial charge is 0.253 e. The van der Waals surface area contributed by atoms with Crippen molar-refractivity contribution in [2.45, 2.75) is 18.2 Å². The number of rotatable bonds is 4. The number of methoxy groups -OCH3 is 1. The van der Waals surface area contributed by atoms with Crippen molar-refractivity contribution in [1.29, 1.82) is 0 Å². The molecular formula is C14H17ClFNO2. The van der Waals surface area contributed by atoms with Gasteiger partial charge in [0, 0.05) is 24.5 Å². The second-order valence-corrected chi connectivity index (χ2v) is 5.59. The molecule has 0 N–H and O–H groups in total. The maximum absolute atomic E-state index is 13.3. The molecule has 0 aliphatic heterocycles. The lowest BCUT2D eigenvalue weighted by Crippen LogP contribution is -2.37. The van der Waals surface area contributed by atoms with E-state index in [2.05, 4.69) is 0 Å². The van der Waals surface area contributed by atoms with E-state index in [1.807, 2.05) is 0 Å². The van der Waals surface area contributed by atoms with Gasteiger partial charge < -0.3 is 9.64 Å². The molecule has 1 aromatic carbocycles. The van der Waals surface area contributed by atoms with Gasteiger partial charge in [0.05, 0.1) is 7.11 Å². The number of ether oxygens (including phenoxy) is 1. The molecule has 0 heterocycles. The van der Waals surface area contributed by atoms with Gasteiger partial charge >= 0.3 is 0 Å². The Kier molecular flexibility index (Phi) is 4.30. The molecule has 1 fully saturated rings. The molecule has 1 saturated carbocycles. The molecule has 0 aromatic heterocycles. The molecule has 3 nitrogen and oxygen atoms in total. The Morgan fingerprint density at radius 1 is 1.53 bits per heavy atom. The summed E-state index contributed by atoms with van der Waals surface area (Å²) in [4.78, 5) is 13.8. The molecule has 1 amide bonds. The fourth-order valence-electron chi connectivity index (χ4n) is 2.29. The van der Waals surface area contributed by atoms with Gasteiger partial charge in [-0.05, 0) is 37.0 Å². The zero-order valence-electron chi connectivity index (χ0n) is 11.0. The number of benzene rings is 1. The first kappa shape index (κ1) is 14.1. The van der Waals surface area contributed by atoms with Crippen LogP contribution in [0.3, 0.4) is 0 Å². The number of carbonyl (C=O) groups is 1. The van der Waals surface area contributed by atoms with E-state index in [4.69, 9.17) is 16.3 Å². The van der Waals surface area contributed by atoms with Crippen LogP contribution in [0.25, 0.3) is 0 Å². The first-order chi connectivity index (χ1) is 9.01. The van der Waals surface area contributed by atoms with Gasteiger partial charge in [0.15, 0.2) is 11.6 Å². The second kappa shape index (κ2) is 5.78. The third kappa shape index (κ3) is 3.18. The van der Waals surface area contributed by atoms with Crippen molar-refractivity contribution in [2.24, 2.45) is 5.92 Å². The number of carbonyl (C=O) groups excluding carboxylic acids is 1. The lowest BCUT2D eigenvalue weighted by Gasteiger charge is -2.34. The van der Waals surface area contributed by atoms with E-state index < -0.39 is 5.82 Å². The molecule has 5 heteroatoms.